The van der Waals surface area contributed by atoms with Crippen molar-refractivity contribution in [1.29, 1.82) is 0 Å². The first-order chi connectivity index (χ1) is 6.74. The average molecular weight is 191 g/mol. The molecule has 2 rings (SSSR count). The smallest absolute Gasteiger partial charge is 0.123 e. The third-order valence-corrected chi connectivity index (χ3v) is 1.95. The van der Waals surface area contributed by atoms with Crippen molar-refractivity contribution in [3.05, 3.63) is 47.4 Å². The lowest BCUT2D eigenvalue weighted by molar-refractivity contribution is 0.627. The molecule has 3 N–H and O–H groups in total. The number of nitrogens with two attached hydrogens (primary N) is 1. The van der Waals surface area contributed by atoms with Gasteiger partial charge in [0.15, 0.2) is 0 Å². The Hall–Kier alpha value is -1.84. The van der Waals surface area contributed by atoms with E-state index in [0.29, 0.717) is 12.2 Å². The van der Waals surface area contributed by atoms with Crippen LogP contribution in [0.25, 0.3) is 0 Å². The molecule has 0 unspecified atom stereocenters. The number of nitrogens with one attached hydrogen (secondary N) is 1. The molecule has 0 saturated carbocycles. The third kappa shape index (κ3) is 1.90. The van der Waals surface area contributed by atoms with Gasteiger partial charge >= 0.3 is 0 Å². The maximum Gasteiger partial charge on any atom is 0.123 e. The number of nitrogen functional groups attached to an aromatic ring is 1. The second kappa shape index (κ2) is 3.49. The fourth-order valence-electron chi connectivity index (χ4n) is 1.28. The lowest BCUT2D eigenvalue weighted by atomic mass is 10.1. The minimum atomic E-state index is -0.227. The number of H-pyrrole nitrogens is 1. The van der Waals surface area contributed by atoms with Crippen molar-refractivity contribution < 1.29 is 4.39 Å². The van der Waals surface area contributed by atoms with E-state index in [-0.39, 0.29) is 5.82 Å². The lowest BCUT2D eigenvalue weighted by Crippen LogP contribution is -1.88. The van der Waals surface area contributed by atoms with Crippen LogP contribution in [0.1, 0.15) is 11.3 Å². The molecule has 14 heavy (non-hydrogen) atoms. The maximum atomic E-state index is 12.6. The molecule has 3 nitrogen and oxygen atoms in total. The van der Waals surface area contributed by atoms with Crippen LogP contribution in [0.3, 0.4) is 0 Å². The van der Waals surface area contributed by atoms with Crippen LogP contribution in [0.15, 0.2) is 30.3 Å². The highest BCUT2D eigenvalue weighted by Gasteiger charge is 2.00. The van der Waals surface area contributed by atoms with Crippen molar-refractivity contribution in [3.8, 4) is 0 Å². The van der Waals surface area contributed by atoms with Gasteiger partial charge in [-0.3, -0.25) is 5.10 Å². The summed E-state index contributed by atoms with van der Waals surface area (Å²) in [7, 11) is 0. The Labute approximate surface area is 80.8 Å². The van der Waals surface area contributed by atoms with Gasteiger partial charge in [0.05, 0.1) is 5.69 Å². The van der Waals surface area contributed by atoms with Gasteiger partial charge in [0, 0.05) is 12.5 Å². The highest BCUT2D eigenvalue weighted by molar-refractivity contribution is 5.31. The number of hydrogen-bond donors (Lipinski definition) is 2. The van der Waals surface area contributed by atoms with Gasteiger partial charge in [-0.15, -0.1) is 0 Å². The number of aromatic amines is 1. The monoisotopic (exact) mass is 191 g/mol. The molecule has 2 aromatic rings. The summed E-state index contributed by atoms with van der Waals surface area (Å²) >= 11 is 0. The molecule has 0 aliphatic rings. The molecule has 1 aromatic carbocycles. The maximum absolute atomic E-state index is 12.6. The van der Waals surface area contributed by atoms with Crippen molar-refractivity contribution in [2.45, 2.75) is 6.42 Å². The van der Waals surface area contributed by atoms with Gasteiger partial charge in [0.25, 0.3) is 0 Å². The molecule has 0 amide bonds. The molecule has 1 aromatic heterocycles. The van der Waals surface area contributed by atoms with E-state index in [1.54, 1.807) is 18.2 Å². The van der Waals surface area contributed by atoms with Gasteiger partial charge in [-0.2, -0.15) is 5.10 Å². The van der Waals surface area contributed by atoms with Crippen molar-refractivity contribution in [2.24, 2.45) is 0 Å². The Morgan fingerprint density at radius 1 is 1.29 bits per heavy atom. The van der Waals surface area contributed by atoms with Crippen LogP contribution in [0, 0.1) is 5.82 Å². The molecule has 0 bridgehead atoms. The number of halogens is 1. The van der Waals surface area contributed by atoms with E-state index in [2.05, 4.69) is 10.2 Å². The van der Waals surface area contributed by atoms with Crippen LogP contribution in [0.4, 0.5) is 10.2 Å². The molecule has 0 saturated heterocycles. The van der Waals surface area contributed by atoms with Crippen molar-refractivity contribution in [3.63, 3.8) is 0 Å². The number of hydrogen-bond acceptors (Lipinski definition) is 2. The van der Waals surface area contributed by atoms with E-state index >= 15 is 0 Å². The summed E-state index contributed by atoms with van der Waals surface area (Å²) in [6.07, 6.45) is 0.661. The largest absolute Gasteiger partial charge is 0.384 e. The molecule has 0 aliphatic carbocycles. The molecule has 1 heterocycles. The number of anilines is 1. The van der Waals surface area contributed by atoms with Gasteiger partial charge in [-0.05, 0) is 17.7 Å². The highest BCUT2D eigenvalue weighted by atomic mass is 19.1. The summed E-state index contributed by atoms with van der Waals surface area (Å²) in [4.78, 5) is 0. The van der Waals surface area contributed by atoms with Crippen LogP contribution in [0.5, 0.6) is 0 Å². The first-order valence-corrected chi connectivity index (χ1v) is 4.28. The normalized spacial score (nSPS) is 10.4. The molecule has 0 aliphatic heterocycles. The zero-order valence-corrected chi connectivity index (χ0v) is 7.50. The minimum Gasteiger partial charge on any atom is -0.384 e. The van der Waals surface area contributed by atoms with E-state index in [1.807, 2.05) is 0 Å². The fraction of sp³-hybridized carbons (Fsp3) is 0.100. The summed E-state index contributed by atoms with van der Waals surface area (Å²) in [6, 6.07) is 8.11. The average Bonchev–Trinajstić information content (AvgIpc) is 2.56. The van der Waals surface area contributed by atoms with Crippen molar-refractivity contribution in [2.75, 3.05) is 5.73 Å². The van der Waals surface area contributed by atoms with Crippen LogP contribution in [0.2, 0.25) is 0 Å². The molecule has 72 valence electrons. The summed E-state index contributed by atoms with van der Waals surface area (Å²) < 4.78 is 12.6. The molecule has 0 spiro atoms. The van der Waals surface area contributed by atoms with E-state index < -0.39 is 0 Å². The summed E-state index contributed by atoms with van der Waals surface area (Å²) in [5, 5.41) is 6.64. The SMILES string of the molecule is Nc1cc(Cc2ccc(F)cc2)n[nH]1. The predicted octanol–water partition coefficient (Wildman–Crippen LogP) is 1.72. The van der Waals surface area contributed by atoms with Gasteiger partial charge in [0.2, 0.25) is 0 Å². The van der Waals surface area contributed by atoms with Gasteiger partial charge in [0.1, 0.15) is 11.6 Å². The molecule has 0 radical (unpaired) electrons. The summed E-state index contributed by atoms with van der Waals surface area (Å²) in [5.41, 5.74) is 7.35. The first kappa shape index (κ1) is 8.74. The van der Waals surface area contributed by atoms with E-state index in [1.165, 1.54) is 12.1 Å². The van der Waals surface area contributed by atoms with E-state index in [9.17, 15) is 4.39 Å². The van der Waals surface area contributed by atoms with E-state index in [4.69, 9.17) is 5.73 Å². The van der Waals surface area contributed by atoms with Crippen LogP contribution < -0.4 is 5.73 Å². The first-order valence-electron chi connectivity index (χ1n) is 4.28. The number of aromatic nitrogens is 2. The molecular weight excluding hydrogens is 181 g/mol. The van der Waals surface area contributed by atoms with Crippen LogP contribution in [-0.2, 0) is 6.42 Å². The Balaban J connectivity index is 2.15. The zero-order chi connectivity index (χ0) is 9.97. The van der Waals surface area contributed by atoms with Crippen molar-refractivity contribution >= 4 is 5.82 Å². The Bertz CT molecular complexity index is 419. The molecule has 0 fully saturated rings. The van der Waals surface area contributed by atoms with Gasteiger partial charge < -0.3 is 5.73 Å². The predicted molar refractivity (Wildman–Crippen MR) is 52.2 cm³/mol. The van der Waals surface area contributed by atoms with Crippen LogP contribution >= 0.6 is 0 Å². The summed E-state index contributed by atoms with van der Waals surface area (Å²) in [6.45, 7) is 0. The molecule has 0 atom stereocenters. The topological polar surface area (TPSA) is 54.7 Å². The van der Waals surface area contributed by atoms with Crippen molar-refractivity contribution in [1.82, 2.24) is 10.2 Å². The molecule has 4 heteroatoms. The number of rotatable bonds is 2. The second-order valence-electron chi connectivity index (χ2n) is 3.12. The standard InChI is InChI=1S/C10H10FN3/c11-8-3-1-7(2-4-8)5-9-6-10(12)14-13-9/h1-4,6H,5H2,(H3,12,13,14). The number of benzene rings is 1. The van der Waals surface area contributed by atoms with Gasteiger partial charge in [-0.1, -0.05) is 12.1 Å². The second-order valence-corrected chi connectivity index (χ2v) is 3.12. The quantitative estimate of drug-likeness (QED) is 0.759. The fourth-order valence-corrected chi connectivity index (χ4v) is 1.28. The Morgan fingerprint density at radius 3 is 2.57 bits per heavy atom. The minimum absolute atomic E-state index is 0.227. The lowest BCUT2D eigenvalue weighted by Gasteiger charge is -1.96. The Kier molecular flexibility index (Phi) is 2.18. The summed E-state index contributed by atoms with van der Waals surface area (Å²) in [5.74, 6) is 0.317. The number of nitrogens with zero attached hydrogens (tertiary/aromatic N) is 1. The third-order valence-electron chi connectivity index (χ3n) is 1.95. The van der Waals surface area contributed by atoms with E-state index in [0.717, 1.165) is 11.3 Å². The Morgan fingerprint density at radius 2 is 2.00 bits per heavy atom. The highest BCUT2D eigenvalue weighted by Crippen LogP contribution is 2.09. The zero-order valence-electron chi connectivity index (χ0n) is 7.50. The molecular formula is C10H10FN3. The van der Waals surface area contributed by atoms with Crippen LogP contribution in [-0.4, -0.2) is 10.2 Å². The van der Waals surface area contributed by atoms with Gasteiger partial charge in [-0.25, -0.2) is 4.39 Å².